The summed E-state index contributed by atoms with van der Waals surface area (Å²) in [6.07, 6.45) is 1.32. The number of amides is 1. The van der Waals surface area contributed by atoms with E-state index in [9.17, 15) is 13.2 Å². The van der Waals surface area contributed by atoms with E-state index in [0.29, 0.717) is 25.1 Å². The highest BCUT2D eigenvalue weighted by Crippen LogP contribution is 2.30. The van der Waals surface area contributed by atoms with Gasteiger partial charge in [-0.2, -0.15) is 4.31 Å². The summed E-state index contributed by atoms with van der Waals surface area (Å²) in [5.41, 5.74) is -0.345. The largest absolute Gasteiger partial charge is 0.495 e. The van der Waals surface area contributed by atoms with E-state index in [2.05, 4.69) is 5.32 Å². The molecule has 1 N–H and O–H groups in total. The fourth-order valence-electron chi connectivity index (χ4n) is 2.80. The number of piperidine rings is 1. The van der Waals surface area contributed by atoms with Gasteiger partial charge in [0.1, 0.15) is 5.75 Å². The maximum Gasteiger partial charge on any atom is 0.243 e. The lowest BCUT2D eigenvalue weighted by molar-refractivity contribution is -0.127. The molecule has 25 heavy (non-hydrogen) atoms. The molecule has 1 atom stereocenters. The van der Waals surface area contributed by atoms with Crippen molar-refractivity contribution in [2.45, 2.75) is 44.0 Å². The number of halogens is 1. The van der Waals surface area contributed by atoms with Gasteiger partial charge >= 0.3 is 0 Å². The summed E-state index contributed by atoms with van der Waals surface area (Å²) >= 11 is 6.05. The molecule has 1 heterocycles. The summed E-state index contributed by atoms with van der Waals surface area (Å²) < 4.78 is 32.2. The Balaban J connectivity index is 2.19. The van der Waals surface area contributed by atoms with Gasteiger partial charge in [-0.3, -0.25) is 4.79 Å². The number of nitrogens with one attached hydrogen (secondary N) is 1. The molecular formula is C17H25ClN2O4S. The average molecular weight is 389 g/mol. The molecule has 0 aliphatic carbocycles. The number of methoxy groups -OCH3 is 1. The maximum atomic E-state index is 12.9. The van der Waals surface area contributed by atoms with Crippen molar-refractivity contribution >= 4 is 27.5 Å². The van der Waals surface area contributed by atoms with Gasteiger partial charge in [0, 0.05) is 18.6 Å². The Morgan fingerprint density at radius 3 is 2.60 bits per heavy atom. The maximum absolute atomic E-state index is 12.9. The lowest BCUT2D eigenvalue weighted by atomic mass is 9.97. The second kappa shape index (κ2) is 7.51. The highest BCUT2D eigenvalue weighted by Gasteiger charge is 2.34. The number of hydrogen-bond acceptors (Lipinski definition) is 4. The van der Waals surface area contributed by atoms with Gasteiger partial charge < -0.3 is 10.1 Å². The third-order valence-electron chi connectivity index (χ3n) is 4.01. The van der Waals surface area contributed by atoms with E-state index in [0.717, 1.165) is 0 Å². The van der Waals surface area contributed by atoms with Crippen LogP contribution in [0.2, 0.25) is 5.02 Å². The Morgan fingerprint density at radius 1 is 1.36 bits per heavy atom. The van der Waals surface area contributed by atoms with Gasteiger partial charge in [-0.15, -0.1) is 0 Å². The zero-order valence-corrected chi connectivity index (χ0v) is 16.6. The number of ether oxygens (including phenoxy) is 1. The first-order valence-electron chi connectivity index (χ1n) is 8.20. The number of benzene rings is 1. The van der Waals surface area contributed by atoms with Gasteiger partial charge in [0.05, 0.1) is 22.9 Å². The first-order chi connectivity index (χ1) is 11.5. The smallest absolute Gasteiger partial charge is 0.243 e. The number of hydrogen-bond donors (Lipinski definition) is 1. The molecule has 0 saturated carbocycles. The molecule has 0 unspecified atom stereocenters. The van der Waals surface area contributed by atoms with E-state index >= 15 is 0 Å². The zero-order chi connectivity index (χ0) is 18.8. The molecule has 1 amide bonds. The highest BCUT2D eigenvalue weighted by atomic mass is 35.5. The predicted octanol–water partition coefficient (Wildman–Crippen LogP) is 2.66. The quantitative estimate of drug-likeness (QED) is 0.860. The van der Waals surface area contributed by atoms with Crippen LogP contribution in [-0.2, 0) is 14.8 Å². The Labute approximate surface area is 154 Å². The van der Waals surface area contributed by atoms with Crippen LogP contribution in [0.4, 0.5) is 0 Å². The second-order valence-electron chi connectivity index (χ2n) is 7.24. The number of sulfonamides is 1. The van der Waals surface area contributed by atoms with Crippen molar-refractivity contribution in [2.24, 2.45) is 5.92 Å². The van der Waals surface area contributed by atoms with Gasteiger partial charge in [-0.05, 0) is 51.8 Å². The van der Waals surface area contributed by atoms with E-state index < -0.39 is 10.0 Å². The van der Waals surface area contributed by atoms with Crippen LogP contribution >= 0.6 is 11.6 Å². The molecule has 1 aromatic rings. The Bertz CT molecular complexity index is 744. The highest BCUT2D eigenvalue weighted by molar-refractivity contribution is 7.89. The van der Waals surface area contributed by atoms with Crippen LogP contribution in [0.5, 0.6) is 5.75 Å². The third kappa shape index (κ3) is 4.86. The average Bonchev–Trinajstić information content (AvgIpc) is 2.53. The summed E-state index contributed by atoms with van der Waals surface area (Å²) in [5.74, 6) is -0.0432. The second-order valence-corrected chi connectivity index (χ2v) is 9.58. The van der Waals surface area contributed by atoms with Crippen molar-refractivity contribution < 1.29 is 17.9 Å². The molecule has 1 aliphatic heterocycles. The van der Waals surface area contributed by atoms with Crippen LogP contribution in [0.15, 0.2) is 23.1 Å². The fraction of sp³-hybridized carbons (Fsp3) is 0.588. The predicted molar refractivity (Wildman–Crippen MR) is 97.4 cm³/mol. The van der Waals surface area contributed by atoms with Gasteiger partial charge in [0.2, 0.25) is 15.9 Å². The summed E-state index contributed by atoms with van der Waals surface area (Å²) in [6.45, 7) is 6.28. The lowest BCUT2D eigenvalue weighted by Gasteiger charge is -2.33. The van der Waals surface area contributed by atoms with E-state index in [1.54, 1.807) is 0 Å². The first kappa shape index (κ1) is 20.0. The lowest BCUT2D eigenvalue weighted by Crippen LogP contribution is -2.49. The van der Waals surface area contributed by atoms with Crippen LogP contribution in [0.3, 0.4) is 0 Å². The van der Waals surface area contributed by atoms with Crippen LogP contribution in [0, 0.1) is 5.92 Å². The fourth-order valence-corrected chi connectivity index (χ4v) is 4.68. The van der Waals surface area contributed by atoms with Gasteiger partial charge in [-0.25, -0.2) is 8.42 Å². The molecule has 6 nitrogen and oxygen atoms in total. The molecule has 2 rings (SSSR count). The number of nitrogens with zero attached hydrogens (tertiary/aromatic N) is 1. The molecule has 0 aromatic heterocycles. The van der Waals surface area contributed by atoms with Crippen LogP contribution < -0.4 is 10.1 Å². The van der Waals surface area contributed by atoms with Crippen molar-refractivity contribution in [1.29, 1.82) is 0 Å². The summed E-state index contributed by atoms with van der Waals surface area (Å²) in [4.78, 5) is 12.5. The molecule has 1 aliphatic rings. The van der Waals surface area contributed by atoms with Gasteiger partial charge in [-0.1, -0.05) is 11.6 Å². The van der Waals surface area contributed by atoms with Crippen molar-refractivity contribution in [3.63, 3.8) is 0 Å². The topological polar surface area (TPSA) is 75.7 Å². The summed E-state index contributed by atoms with van der Waals surface area (Å²) in [5, 5.41) is 3.17. The number of rotatable bonds is 4. The number of carbonyl (C=O) groups excluding carboxylic acids is 1. The Kier molecular flexibility index (Phi) is 6.01. The van der Waals surface area contributed by atoms with Crippen molar-refractivity contribution in [2.75, 3.05) is 20.2 Å². The van der Waals surface area contributed by atoms with E-state index in [1.807, 2.05) is 20.8 Å². The Hall–Kier alpha value is -1.31. The Morgan fingerprint density at radius 2 is 2.04 bits per heavy atom. The standard InChI is InChI=1S/C17H25ClN2O4S/c1-17(2,3)19-16(21)12-6-5-9-20(11-12)25(22,23)13-7-8-15(24-4)14(18)10-13/h7-8,10,12H,5-6,9,11H2,1-4H3,(H,19,21)/t12-/m0/s1. The van der Waals surface area contributed by atoms with Crippen molar-refractivity contribution in [3.05, 3.63) is 23.2 Å². The number of carbonyl (C=O) groups is 1. The van der Waals surface area contributed by atoms with Crippen molar-refractivity contribution in [1.82, 2.24) is 9.62 Å². The summed E-state index contributed by atoms with van der Waals surface area (Å²) in [6, 6.07) is 4.39. The molecule has 0 radical (unpaired) electrons. The zero-order valence-electron chi connectivity index (χ0n) is 15.0. The molecular weight excluding hydrogens is 364 g/mol. The van der Waals surface area contributed by atoms with E-state index in [4.69, 9.17) is 16.3 Å². The van der Waals surface area contributed by atoms with E-state index in [1.165, 1.54) is 29.6 Å². The van der Waals surface area contributed by atoms with Crippen LogP contribution in [0.25, 0.3) is 0 Å². The van der Waals surface area contributed by atoms with E-state index in [-0.39, 0.29) is 33.8 Å². The SMILES string of the molecule is COc1ccc(S(=O)(=O)N2CCC[C@H](C(=O)NC(C)(C)C)C2)cc1Cl. The first-order valence-corrected chi connectivity index (χ1v) is 10.0. The minimum absolute atomic E-state index is 0.107. The molecule has 0 spiro atoms. The van der Waals surface area contributed by atoms with Gasteiger partial charge in [0.25, 0.3) is 0 Å². The summed E-state index contributed by atoms with van der Waals surface area (Å²) in [7, 11) is -2.24. The molecule has 8 heteroatoms. The van der Waals surface area contributed by atoms with Crippen molar-refractivity contribution in [3.8, 4) is 5.75 Å². The van der Waals surface area contributed by atoms with Gasteiger partial charge in [0.15, 0.2) is 0 Å². The third-order valence-corrected chi connectivity index (χ3v) is 6.17. The molecule has 1 fully saturated rings. The monoisotopic (exact) mass is 388 g/mol. The minimum atomic E-state index is -3.71. The molecule has 140 valence electrons. The van der Waals surface area contributed by atoms with Crippen LogP contribution in [0.1, 0.15) is 33.6 Å². The molecule has 1 aromatic carbocycles. The van der Waals surface area contributed by atoms with Crippen LogP contribution in [-0.4, -0.2) is 44.4 Å². The molecule has 1 saturated heterocycles. The minimum Gasteiger partial charge on any atom is -0.495 e. The molecule has 0 bridgehead atoms. The normalized spacial score (nSPS) is 19.5.